The Morgan fingerprint density at radius 1 is 1.47 bits per heavy atom. The minimum absolute atomic E-state index is 0.0376. The molecule has 1 unspecified atom stereocenters. The van der Waals surface area contributed by atoms with E-state index in [-0.39, 0.29) is 18.9 Å². The first kappa shape index (κ1) is 15.7. The van der Waals surface area contributed by atoms with E-state index in [0.717, 1.165) is 4.31 Å². The third kappa shape index (κ3) is 5.46. The van der Waals surface area contributed by atoms with Gasteiger partial charge in [-0.25, -0.2) is 12.7 Å². The molecule has 0 aliphatic rings. The lowest BCUT2D eigenvalue weighted by atomic mass is 10.3. The maximum atomic E-state index is 11.8. The van der Waals surface area contributed by atoms with Gasteiger partial charge in [-0.15, -0.1) is 0 Å². The Morgan fingerprint density at radius 3 is 2.74 bits per heavy atom. The van der Waals surface area contributed by atoms with Crippen LogP contribution in [0.2, 0.25) is 0 Å². The highest BCUT2D eigenvalue weighted by Gasteiger charge is 2.19. The highest BCUT2D eigenvalue weighted by molar-refractivity contribution is 7.89. The molecule has 1 atom stereocenters. The standard InChI is InChI=1S/C12H20N2O4S/c1-10(15)9-14(2)19(16,17)7-6-18-12-5-3-4-11(13)8-12/h3-5,8,10,15H,6-7,9,13H2,1-2H3. The van der Waals surface area contributed by atoms with E-state index in [1.165, 1.54) is 14.0 Å². The minimum atomic E-state index is -3.42. The molecule has 1 rings (SSSR count). The quantitative estimate of drug-likeness (QED) is 0.703. The van der Waals surface area contributed by atoms with E-state index in [1.54, 1.807) is 24.3 Å². The lowest BCUT2D eigenvalue weighted by Gasteiger charge is -2.18. The van der Waals surface area contributed by atoms with Crippen LogP contribution >= 0.6 is 0 Å². The second-order valence-electron chi connectivity index (χ2n) is 4.37. The van der Waals surface area contributed by atoms with E-state index in [9.17, 15) is 8.42 Å². The molecule has 0 radical (unpaired) electrons. The third-order valence-corrected chi connectivity index (χ3v) is 4.25. The monoisotopic (exact) mass is 288 g/mol. The highest BCUT2D eigenvalue weighted by Crippen LogP contribution is 2.14. The van der Waals surface area contributed by atoms with Crippen LogP contribution in [-0.4, -0.2) is 49.9 Å². The van der Waals surface area contributed by atoms with Crippen LogP contribution in [0.3, 0.4) is 0 Å². The number of hydrogen-bond acceptors (Lipinski definition) is 5. The van der Waals surface area contributed by atoms with E-state index >= 15 is 0 Å². The maximum absolute atomic E-state index is 11.8. The number of ether oxygens (including phenoxy) is 1. The van der Waals surface area contributed by atoms with Gasteiger partial charge in [0.15, 0.2) is 0 Å². The van der Waals surface area contributed by atoms with Gasteiger partial charge in [-0.05, 0) is 19.1 Å². The van der Waals surface area contributed by atoms with Crippen LogP contribution in [0, 0.1) is 0 Å². The van der Waals surface area contributed by atoms with Gasteiger partial charge in [0.2, 0.25) is 10.0 Å². The summed E-state index contributed by atoms with van der Waals surface area (Å²) in [6.07, 6.45) is -0.699. The molecule has 0 aromatic heterocycles. The van der Waals surface area contributed by atoms with Gasteiger partial charge in [0.25, 0.3) is 0 Å². The summed E-state index contributed by atoms with van der Waals surface area (Å²) < 4.78 is 30.1. The van der Waals surface area contributed by atoms with Crippen molar-refractivity contribution in [2.45, 2.75) is 13.0 Å². The number of hydrogen-bond donors (Lipinski definition) is 2. The molecule has 0 saturated heterocycles. The van der Waals surface area contributed by atoms with Gasteiger partial charge in [0.05, 0.1) is 11.9 Å². The number of anilines is 1. The Labute approximate surface area is 113 Å². The van der Waals surface area contributed by atoms with Crippen LogP contribution in [0.1, 0.15) is 6.92 Å². The van der Waals surface area contributed by atoms with Crippen molar-refractivity contribution in [3.05, 3.63) is 24.3 Å². The predicted molar refractivity (Wildman–Crippen MR) is 74.4 cm³/mol. The molecule has 0 aliphatic carbocycles. The zero-order valence-corrected chi connectivity index (χ0v) is 11.9. The van der Waals surface area contributed by atoms with Crippen LogP contribution < -0.4 is 10.5 Å². The van der Waals surface area contributed by atoms with Gasteiger partial charge in [-0.2, -0.15) is 0 Å². The Balaban J connectivity index is 2.48. The van der Waals surface area contributed by atoms with Crippen molar-refractivity contribution in [2.24, 2.45) is 0 Å². The van der Waals surface area contributed by atoms with Crippen LogP contribution in [0.25, 0.3) is 0 Å². The van der Waals surface area contributed by atoms with Crippen LogP contribution in [0.4, 0.5) is 5.69 Å². The maximum Gasteiger partial charge on any atom is 0.217 e. The molecule has 0 spiro atoms. The Morgan fingerprint density at radius 2 is 2.16 bits per heavy atom. The molecular formula is C12H20N2O4S. The van der Waals surface area contributed by atoms with Crippen molar-refractivity contribution in [1.29, 1.82) is 0 Å². The van der Waals surface area contributed by atoms with Gasteiger partial charge < -0.3 is 15.6 Å². The van der Waals surface area contributed by atoms with E-state index < -0.39 is 16.1 Å². The molecule has 6 nitrogen and oxygen atoms in total. The second kappa shape index (κ2) is 6.74. The summed E-state index contributed by atoms with van der Waals surface area (Å²) in [7, 11) is -1.99. The van der Waals surface area contributed by atoms with Crippen LogP contribution in [0.15, 0.2) is 24.3 Å². The van der Waals surface area contributed by atoms with Crippen molar-refractivity contribution < 1.29 is 18.3 Å². The minimum Gasteiger partial charge on any atom is -0.492 e. The smallest absolute Gasteiger partial charge is 0.217 e. The summed E-state index contributed by atoms with van der Waals surface area (Å²) in [6.45, 7) is 1.64. The van der Waals surface area contributed by atoms with Crippen molar-refractivity contribution in [3.8, 4) is 5.75 Å². The molecule has 0 fully saturated rings. The molecule has 108 valence electrons. The van der Waals surface area contributed by atoms with Gasteiger partial charge in [-0.3, -0.25) is 0 Å². The summed E-state index contributed by atoms with van der Waals surface area (Å²) >= 11 is 0. The first-order valence-corrected chi connectivity index (χ1v) is 7.52. The molecule has 1 aromatic rings. The molecule has 7 heteroatoms. The summed E-state index contributed by atoms with van der Waals surface area (Å²) in [5.41, 5.74) is 6.15. The number of sulfonamides is 1. The SMILES string of the molecule is CC(O)CN(C)S(=O)(=O)CCOc1cccc(N)c1. The zero-order valence-electron chi connectivity index (χ0n) is 11.1. The zero-order chi connectivity index (χ0) is 14.5. The molecule has 0 heterocycles. The van der Waals surface area contributed by atoms with Crippen molar-refractivity contribution in [3.63, 3.8) is 0 Å². The summed E-state index contributed by atoms with van der Waals surface area (Å²) in [6, 6.07) is 6.80. The van der Waals surface area contributed by atoms with Gasteiger partial charge >= 0.3 is 0 Å². The number of nitrogens with zero attached hydrogens (tertiary/aromatic N) is 1. The number of likely N-dealkylation sites (N-methyl/N-ethyl adjacent to an activating group) is 1. The van der Waals surface area contributed by atoms with Gasteiger partial charge in [0.1, 0.15) is 12.4 Å². The summed E-state index contributed by atoms with van der Waals surface area (Å²) in [5.74, 6) is 0.388. The molecule has 1 aromatic carbocycles. The molecule has 0 saturated carbocycles. The lowest BCUT2D eigenvalue weighted by Crippen LogP contribution is -2.36. The number of benzene rings is 1. The molecule has 0 amide bonds. The van der Waals surface area contributed by atoms with E-state index in [1.807, 2.05) is 0 Å². The van der Waals surface area contributed by atoms with Crippen LogP contribution in [-0.2, 0) is 10.0 Å². The normalized spacial score (nSPS) is 13.5. The highest BCUT2D eigenvalue weighted by atomic mass is 32.2. The Hall–Kier alpha value is -1.31. The number of aliphatic hydroxyl groups excluding tert-OH is 1. The lowest BCUT2D eigenvalue weighted by molar-refractivity contribution is 0.171. The number of rotatable bonds is 7. The topological polar surface area (TPSA) is 92.9 Å². The number of nitrogens with two attached hydrogens (primary N) is 1. The third-order valence-electron chi connectivity index (χ3n) is 2.46. The van der Waals surface area contributed by atoms with Crippen molar-refractivity contribution in [1.82, 2.24) is 4.31 Å². The number of aliphatic hydroxyl groups is 1. The molecular weight excluding hydrogens is 268 g/mol. The average molecular weight is 288 g/mol. The fourth-order valence-electron chi connectivity index (χ4n) is 1.51. The summed E-state index contributed by atoms with van der Waals surface area (Å²) in [4.78, 5) is 0. The fourth-order valence-corrected chi connectivity index (χ4v) is 2.56. The summed E-state index contributed by atoms with van der Waals surface area (Å²) in [5, 5.41) is 9.17. The first-order chi connectivity index (χ1) is 8.81. The first-order valence-electron chi connectivity index (χ1n) is 5.91. The van der Waals surface area contributed by atoms with Crippen molar-refractivity contribution in [2.75, 3.05) is 31.7 Å². The van der Waals surface area contributed by atoms with Crippen molar-refractivity contribution >= 4 is 15.7 Å². The van der Waals surface area contributed by atoms with E-state index in [0.29, 0.717) is 11.4 Å². The van der Waals surface area contributed by atoms with Gasteiger partial charge in [0, 0.05) is 25.3 Å². The molecule has 19 heavy (non-hydrogen) atoms. The fraction of sp³-hybridized carbons (Fsp3) is 0.500. The Kier molecular flexibility index (Phi) is 5.59. The van der Waals surface area contributed by atoms with Gasteiger partial charge in [-0.1, -0.05) is 6.07 Å². The second-order valence-corrected chi connectivity index (χ2v) is 6.56. The predicted octanol–water partition coefficient (Wildman–Crippen LogP) is 0.290. The Bertz CT molecular complexity index is 502. The average Bonchev–Trinajstić information content (AvgIpc) is 2.27. The van der Waals surface area contributed by atoms with E-state index in [4.69, 9.17) is 15.6 Å². The molecule has 0 bridgehead atoms. The largest absolute Gasteiger partial charge is 0.492 e. The molecule has 3 N–H and O–H groups in total. The van der Waals surface area contributed by atoms with E-state index in [2.05, 4.69) is 0 Å². The van der Waals surface area contributed by atoms with Crippen LogP contribution in [0.5, 0.6) is 5.75 Å². The number of nitrogen functional groups attached to an aromatic ring is 1. The molecule has 0 aliphatic heterocycles.